The number of rotatable bonds is 2. The predicted molar refractivity (Wildman–Crippen MR) is 86.9 cm³/mol. The molecule has 3 heteroatoms. The maximum absolute atomic E-state index is 10.8. The summed E-state index contributed by atoms with van der Waals surface area (Å²) in [5.41, 5.74) is 6.33. The molecule has 0 saturated heterocycles. The summed E-state index contributed by atoms with van der Waals surface area (Å²) in [5, 5.41) is 1.90. The molecule has 21 heavy (non-hydrogen) atoms. The standard InChI is InChI=1S/C12H10O2.C6H13N/c1-14-12-7-6-9(8-13)10-4-2-3-5-11(10)12;7-6-4-2-1-3-5-6/h2-8H,1H3;6H,1-5,7H2. The summed E-state index contributed by atoms with van der Waals surface area (Å²) in [5.74, 6) is 0.797. The molecule has 2 N–H and O–H groups in total. The van der Waals surface area contributed by atoms with Gasteiger partial charge in [0.15, 0.2) is 6.29 Å². The maximum Gasteiger partial charge on any atom is 0.150 e. The molecule has 1 fully saturated rings. The lowest BCUT2D eigenvalue weighted by Gasteiger charge is -2.15. The maximum atomic E-state index is 10.8. The van der Waals surface area contributed by atoms with Crippen molar-refractivity contribution in [2.45, 2.75) is 38.1 Å². The molecule has 0 aliphatic heterocycles. The van der Waals surface area contributed by atoms with Gasteiger partial charge in [0, 0.05) is 17.0 Å². The molecule has 0 aromatic heterocycles. The molecule has 2 aromatic carbocycles. The zero-order valence-electron chi connectivity index (χ0n) is 12.5. The third-order valence-corrected chi connectivity index (χ3v) is 3.91. The van der Waals surface area contributed by atoms with Crippen LogP contribution in [0, 0.1) is 0 Å². The molecule has 112 valence electrons. The Labute approximate surface area is 126 Å². The lowest BCUT2D eigenvalue weighted by molar-refractivity contribution is 0.112. The van der Waals surface area contributed by atoms with Gasteiger partial charge in [-0.15, -0.1) is 0 Å². The van der Waals surface area contributed by atoms with Gasteiger partial charge in [0.2, 0.25) is 0 Å². The fourth-order valence-corrected chi connectivity index (χ4v) is 2.71. The van der Waals surface area contributed by atoms with Gasteiger partial charge in [0.1, 0.15) is 5.75 Å². The van der Waals surface area contributed by atoms with Crippen molar-refractivity contribution in [3.05, 3.63) is 42.0 Å². The predicted octanol–water partition coefficient (Wildman–Crippen LogP) is 3.94. The van der Waals surface area contributed by atoms with Crippen LogP contribution in [0.25, 0.3) is 10.8 Å². The Hall–Kier alpha value is -1.87. The van der Waals surface area contributed by atoms with Crippen LogP contribution < -0.4 is 10.5 Å². The zero-order valence-corrected chi connectivity index (χ0v) is 12.5. The molecule has 1 aliphatic carbocycles. The van der Waals surface area contributed by atoms with E-state index in [4.69, 9.17) is 10.5 Å². The van der Waals surface area contributed by atoms with Crippen molar-refractivity contribution < 1.29 is 9.53 Å². The Morgan fingerprint density at radius 2 is 1.71 bits per heavy atom. The van der Waals surface area contributed by atoms with E-state index in [1.807, 2.05) is 30.3 Å². The quantitative estimate of drug-likeness (QED) is 0.850. The third kappa shape index (κ3) is 4.05. The molecule has 0 atom stereocenters. The van der Waals surface area contributed by atoms with E-state index in [0.29, 0.717) is 11.6 Å². The van der Waals surface area contributed by atoms with Gasteiger partial charge in [-0.1, -0.05) is 43.5 Å². The lowest BCUT2D eigenvalue weighted by atomic mass is 9.97. The molecule has 0 bridgehead atoms. The minimum atomic E-state index is 0.536. The fraction of sp³-hybridized carbons (Fsp3) is 0.389. The van der Waals surface area contributed by atoms with E-state index in [1.54, 1.807) is 13.2 Å². The summed E-state index contributed by atoms with van der Waals surface area (Å²) in [6, 6.07) is 11.8. The lowest BCUT2D eigenvalue weighted by Crippen LogP contribution is -2.22. The summed E-state index contributed by atoms with van der Waals surface area (Å²) in [4.78, 5) is 10.8. The van der Waals surface area contributed by atoms with Gasteiger partial charge in [-0.25, -0.2) is 0 Å². The molecule has 0 amide bonds. The SMILES string of the molecule is COc1ccc(C=O)c2ccccc12.NC1CCCCC1. The van der Waals surface area contributed by atoms with Gasteiger partial charge >= 0.3 is 0 Å². The number of aldehydes is 1. The number of carbonyl (C=O) groups excluding carboxylic acids is 1. The van der Waals surface area contributed by atoms with Gasteiger partial charge in [-0.3, -0.25) is 4.79 Å². The Kier molecular flexibility index (Phi) is 5.76. The first kappa shape index (κ1) is 15.5. The van der Waals surface area contributed by atoms with Crippen molar-refractivity contribution in [3.8, 4) is 5.75 Å². The highest BCUT2D eigenvalue weighted by Crippen LogP contribution is 2.27. The number of hydrogen-bond acceptors (Lipinski definition) is 3. The molecule has 0 radical (unpaired) electrons. The van der Waals surface area contributed by atoms with Crippen molar-refractivity contribution >= 4 is 17.1 Å². The molecule has 3 rings (SSSR count). The first-order valence-electron chi connectivity index (χ1n) is 7.52. The zero-order chi connectivity index (χ0) is 15.1. The van der Waals surface area contributed by atoms with Gasteiger partial charge in [-0.2, -0.15) is 0 Å². The molecule has 0 spiro atoms. The molecule has 0 heterocycles. The Bertz CT molecular complexity index is 589. The Morgan fingerprint density at radius 3 is 2.24 bits per heavy atom. The number of ether oxygens (including phenoxy) is 1. The van der Waals surface area contributed by atoms with Crippen LogP contribution in [-0.4, -0.2) is 19.4 Å². The molecule has 1 aliphatic rings. The highest BCUT2D eigenvalue weighted by Gasteiger charge is 2.06. The molecule has 2 aromatic rings. The van der Waals surface area contributed by atoms with Crippen LogP contribution >= 0.6 is 0 Å². The number of hydrogen-bond donors (Lipinski definition) is 1. The first-order chi connectivity index (χ1) is 10.3. The van der Waals surface area contributed by atoms with Crippen molar-refractivity contribution in [1.82, 2.24) is 0 Å². The highest BCUT2D eigenvalue weighted by molar-refractivity contribution is 6.00. The summed E-state index contributed by atoms with van der Waals surface area (Å²) in [6.07, 6.45) is 7.53. The molecule has 1 saturated carbocycles. The second-order valence-corrected chi connectivity index (χ2v) is 5.42. The second kappa shape index (κ2) is 7.79. The van der Waals surface area contributed by atoms with Crippen molar-refractivity contribution in [2.75, 3.05) is 7.11 Å². The highest BCUT2D eigenvalue weighted by atomic mass is 16.5. The van der Waals surface area contributed by atoms with Crippen molar-refractivity contribution in [3.63, 3.8) is 0 Å². The van der Waals surface area contributed by atoms with Crippen LogP contribution in [0.5, 0.6) is 5.75 Å². The first-order valence-corrected chi connectivity index (χ1v) is 7.52. The van der Waals surface area contributed by atoms with E-state index in [1.165, 1.54) is 32.1 Å². The minimum absolute atomic E-state index is 0.536. The average molecular weight is 285 g/mol. The van der Waals surface area contributed by atoms with E-state index in [9.17, 15) is 4.79 Å². The van der Waals surface area contributed by atoms with E-state index in [-0.39, 0.29) is 0 Å². The van der Waals surface area contributed by atoms with Crippen LogP contribution in [0.1, 0.15) is 42.5 Å². The summed E-state index contributed by atoms with van der Waals surface area (Å²) < 4.78 is 5.21. The molecule has 0 unspecified atom stereocenters. The molecular formula is C18H23NO2. The Balaban J connectivity index is 0.000000194. The third-order valence-electron chi connectivity index (χ3n) is 3.91. The van der Waals surface area contributed by atoms with E-state index in [2.05, 4.69) is 0 Å². The van der Waals surface area contributed by atoms with Crippen LogP contribution in [0.15, 0.2) is 36.4 Å². The number of fused-ring (bicyclic) bond motifs is 1. The van der Waals surface area contributed by atoms with Gasteiger partial charge in [-0.05, 0) is 30.4 Å². The van der Waals surface area contributed by atoms with E-state index in [0.717, 1.165) is 22.8 Å². The van der Waals surface area contributed by atoms with Crippen LogP contribution in [0.2, 0.25) is 0 Å². The normalized spacial score (nSPS) is 15.1. The van der Waals surface area contributed by atoms with Crippen LogP contribution in [0.4, 0.5) is 0 Å². The second-order valence-electron chi connectivity index (χ2n) is 5.42. The average Bonchev–Trinajstić information content (AvgIpc) is 2.55. The molecular weight excluding hydrogens is 262 g/mol. The summed E-state index contributed by atoms with van der Waals surface area (Å²) in [7, 11) is 1.63. The van der Waals surface area contributed by atoms with Gasteiger partial charge < -0.3 is 10.5 Å². The smallest absolute Gasteiger partial charge is 0.150 e. The number of carbonyl (C=O) groups is 1. The fourth-order valence-electron chi connectivity index (χ4n) is 2.71. The largest absolute Gasteiger partial charge is 0.496 e. The van der Waals surface area contributed by atoms with Gasteiger partial charge in [0.05, 0.1) is 7.11 Å². The number of methoxy groups -OCH3 is 1. The van der Waals surface area contributed by atoms with Crippen molar-refractivity contribution in [1.29, 1.82) is 0 Å². The van der Waals surface area contributed by atoms with Crippen LogP contribution in [-0.2, 0) is 0 Å². The van der Waals surface area contributed by atoms with E-state index >= 15 is 0 Å². The van der Waals surface area contributed by atoms with Gasteiger partial charge in [0.25, 0.3) is 0 Å². The topological polar surface area (TPSA) is 52.3 Å². The molecule has 3 nitrogen and oxygen atoms in total. The van der Waals surface area contributed by atoms with Crippen LogP contribution in [0.3, 0.4) is 0 Å². The monoisotopic (exact) mass is 285 g/mol. The Morgan fingerprint density at radius 1 is 1.05 bits per heavy atom. The van der Waals surface area contributed by atoms with Crippen molar-refractivity contribution in [2.24, 2.45) is 5.73 Å². The summed E-state index contributed by atoms with van der Waals surface area (Å²) in [6.45, 7) is 0. The number of nitrogens with two attached hydrogens (primary N) is 1. The number of benzene rings is 2. The van der Waals surface area contributed by atoms with E-state index < -0.39 is 0 Å². The minimum Gasteiger partial charge on any atom is -0.496 e. The summed E-state index contributed by atoms with van der Waals surface area (Å²) >= 11 is 0.